The lowest BCUT2D eigenvalue weighted by atomic mass is 10.2. The van der Waals surface area contributed by atoms with E-state index in [0.717, 1.165) is 37.8 Å². The Hall–Kier alpha value is -1.76. The van der Waals surface area contributed by atoms with Crippen LogP contribution in [-0.2, 0) is 22.5 Å². The van der Waals surface area contributed by atoms with Crippen molar-refractivity contribution in [3.05, 3.63) is 18.0 Å². The molecule has 0 spiro atoms. The number of carbonyl (C=O) groups excluding carboxylic acids is 1. The van der Waals surface area contributed by atoms with Crippen molar-refractivity contribution >= 4 is 5.97 Å². The topological polar surface area (TPSA) is 44.1 Å². The molecule has 1 aromatic heterocycles. The van der Waals surface area contributed by atoms with Gasteiger partial charge in [-0.05, 0) is 33.6 Å². The van der Waals surface area contributed by atoms with E-state index < -0.39 is 5.60 Å². The maximum Gasteiger partial charge on any atom is 0.310 e. The molecule has 4 nitrogen and oxygen atoms in total. The minimum atomic E-state index is -0.440. The van der Waals surface area contributed by atoms with Gasteiger partial charge in [-0.25, -0.2) is 0 Å². The van der Waals surface area contributed by atoms with Crippen molar-refractivity contribution in [2.45, 2.75) is 65.0 Å². The van der Waals surface area contributed by atoms with Crippen LogP contribution in [0.25, 0.3) is 0 Å². The molecule has 0 unspecified atom stereocenters. The lowest BCUT2D eigenvalue weighted by Gasteiger charge is -2.19. The van der Waals surface area contributed by atoms with Crippen LogP contribution in [0.5, 0.6) is 0 Å². The molecule has 0 N–H and O–H groups in total. The van der Waals surface area contributed by atoms with Crippen LogP contribution in [0, 0.1) is 12.3 Å². The minimum Gasteiger partial charge on any atom is -0.460 e. The Kier molecular flexibility index (Phi) is 6.30. The van der Waals surface area contributed by atoms with Crippen LogP contribution in [0.2, 0.25) is 0 Å². The third-order valence-electron chi connectivity index (χ3n) is 2.66. The van der Waals surface area contributed by atoms with Gasteiger partial charge < -0.3 is 4.74 Å². The number of aromatic nitrogens is 2. The van der Waals surface area contributed by atoms with Crippen molar-refractivity contribution in [1.29, 1.82) is 0 Å². The molecule has 1 aromatic rings. The molecule has 0 aromatic carbocycles. The van der Waals surface area contributed by atoms with Crippen LogP contribution in [-0.4, -0.2) is 21.4 Å². The van der Waals surface area contributed by atoms with E-state index in [4.69, 9.17) is 11.2 Å². The zero-order chi connectivity index (χ0) is 15.0. The second-order valence-electron chi connectivity index (χ2n) is 5.89. The molecule has 0 fully saturated rings. The first-order valence-corrected chi connectivity index (χ1v) is 7.07. The molecule has 0 aliphatic rings. The molecule has 0 amide bonds. The molecule has 0 saturated carbocycles. The number of terminal acetylenes is 1. The number of esters is 1. The van der Waals surface area contributed by atoms with E-state index in [1.807, 2.05) is 31.6 Å². The first-order chi connectivity index (χ1) is 9.40. The predicted octanol–water partition coefficient (Wildman–Crippen LogP) is 2.96. The van der Waals surface area contributed by atoms with Crippen LogP contribution in [0.4, 0.5) is 0 Å². The first-order valence-electron chi connectivity index (χ1n) is 7.07. The Labute approximate surface area is 121 Å². The van der Waals surface area contributed by atoms with Gasteiger partial charge in [0.05, 0.1) is 12.6 Å². The first kappa shape index (κ1) is 16.3. The summed E-state index contributed by atoms with van der Waals surface area (Å²) in [5.74, 6) is 2.42. The van der Waals surface area contributed by atoms with Gasteiger partial charge in [0.15, 0.2) is 0 Å². The average Bonchev–Trinajstić information content (AvgIpc) is 2.74. The van der Waals surface area contributed by atoms with Crippen molar-refractivity contribution < 1.29 is 9.53 Å². The van der Waals surface area contributed by atoms with Gasteiger partial charge in [0, 0.05) is 24.7 Å². The van der Waals surface area contributed by atoms with Gasteiger partial charge in [-0.2, -0.15) is 5.10 Å². The second-order valence-corrected chi connectivity index (χ2v) is 5.89. The van der Waals surface area contributed by atoms with E-state index >= 15 is 0 Å². The standard InChI is InChI=1S/C16H24N2O2/c1-5-6-7-8-9-10-18-13-14(12-17-18)11-15(19)20-16(2,3)4/h1,12-13H,6-11H2,2-4H3. The highest BCUT2D eigenvalue weighted by molar-refractivity contribution is 5.72. The molecule has 0 bridgehead atoms. The fourth-order valence-electron chi connectivity index (χ4n) is 1.84. The highest BCUT2D eigenvalue weighted by Crippen LogP contribution is 2.10. The highest BCUT2D eigenvalue weighted by Gasteiger charge is 2.16. The predicted molar refractivity (Wildman–Crippen MR) is 79.1 cm³/mol. The van der Waals surface area contributed by atoms with E-state index in [-0.39, 0.29) is 12.4 Å². The number of carbonyl (C=O) groups is 1. The third kappa shape index (κ3) is 6.98. The minimum absolute atomic E-state index is 0.217. The summed E-state index contributed by atoms with van der Waals surface area (Å²) in [6, 6.07) is 0. The summed E-state index contributed by atoms with van der Waals surface area (Å²) >= 11 is 0. The summed E-state index contributed by atoms with van der Waals surface area (Å²) in [5, 5.41) is 4.25. The molecule has 0 aliphatic carbocycles. The van der Waals surface area contributed by atoms with Gasteiger partial charge in [0.2, 0.25) is 0 Å². The van der Waals surface area contributed by atoms with E-state index in [1.54, 1.807) is 6.20 Å². The van der Waals surface area contributed by atoms with Crippen molar-refractivity contribution in [1.82, 2.24) is 9.78 Å². The van der Waals surface area contributed by atoms with Crippen molar-refractivity contribution in [2.75, 3.05) is 0 Å². The Balaban J connectivity index is 2.32. The highest BCUT2D eigenvalue weighted by atomic mass is 16.6. The summed E-state index contributed by atoms with van der Waals surface area (Å²) in [7, 11) is 0. The van der Waals surface area contributed by atoms with Crippen LogP contribution in [0.3, 0.4) is 0 Å². The van der Waals surface area contributed by atoms with Crippen LogP contribution < -0.4 is 0 Å². The van der Waals surface area contributed by atoms with Crippen molar-refractivity contribution in [3.8, 4) is 12.3 Å². The fourth-order valence-corrected chi connectivity index (χ4v) is 1.84. The molecule has 20 heavy (non-hydrogen) atoms. The number of hydrogen-bond acceptors (Lipinski definition) is 3. The van der Waals surface area contributed by atoms with E-state index in [9.17, 15) is 4.79 Å². The second kappa shape index (κ2) is 7.74. The SMILES string of the molecule is C#CCCCCCn1cc(CC(=O)OC(C)(C)C)cn1. The molecule has 0 atom stereocenters. The van der Waals surface area contributed by atoms with Crippen molar-refractivity contribution in [2.24, 2.45) is 0 Å². The van der Waals surface area contributed by atoms with Crippen LogP contribution in [0.1, 0.15) is 52.0 Å². The van der Waals surface area contributed by atoms with E-state index in [0.29, 0.717) is 0 Å². The Bertz CT molecular complexity index is 464. The maximum atomic E-state index is 11.7. The lowest BCUT2D eigenvalue weighted by molar-refractivity contribution is -0.153. The molecule has 0 aliphatic heterocycles. The molecule has 0 radical (unpaired) electrons. The molecular formula is C16H24N2O2. The average molecular weight is 276 g/mol. The van der Waals surface area contributed by atoms with Gasteiger partial charge >= 0.3 is 5.97 Å². The summed E-state index contributed by atoms with van der Waals surface area (Å²) in [6.07, 6.45) is 13.2. The van der Waals surface area contributed by atoms with Gasteiger partial charge in [-0.15, -0.1) is 12.3 Å². The van der Waals surface area contributed by atoms with Crippen LogP contribution in [0.15, 0.2) is 12.4 Å². The van der Waals surface area contributed by atoms with E-state index in [1.165, 1.54) is 0 Å². The van der Waals surface area contributed by atoms with Gasteiger partial charge in [0.1, 0.15) is 5.60 Å². The zero-order valence-electron chi connectivity index (χ0n) is 12.7. The maximum absolute atomic E-state index is 11.7. The number of aryl methyl sites for hydroxylation is 1. The molecule has 4 heteroatoms. The molecule has 110 valence electrons. The summed E-state index contributed by atoms with van der Waals surface area (Å²) < 4.78 is 7.15. The van der Waals surface area contributed by atoms with E-state index in [2.05, 4.69) is 11.0 Å². The quantitative estimate of drug-likeness (QED) is 0.437. The number of unbranched alkanes of at least 4 members (excludes halogenated alkanes) is 3. The lowest BCUT2D eigenvalue weighted by Crippen LogP contribution is -2.24. The molecule has 0 saturated heterocycles. The number of rotatable bonds is 7. The third-order valence-corrected chi connectivity index (χ3v) is 2.66. The van der Waals surface area contributed by atoms with Gasteiger partial charge in [0.25, 0.3) is 0 Å². The smallest absolute Gasteiger partial charge is 0.310 e. The Morgan fingerprint density at radius 3 is 2.80 bits per heavy atom. The largest absolute Gasteiger partial charge is 0.460 e. The zero-order valence-corrected chi connectivity index (χ0v) is 12.7. The Morgan fingerprint density at radius 2 is 2.15 bits per heavy atom. The fraction of sp³-hybridized carbons (Fsp3) is 0.625. The van der Waals surface area contributed by atoms with Crippen molar-refractivity contribution in [3.63, 3.8) is 0 Å². The molecular weight excluding hydrogens is 252 g/mol. The number of ether oxygens (including phenoxy) is 1. The van der Waals surface area contributed by atoms with Crippen LogP contribution >= 0.6 is 0 Å². The summed E-state index contributed by atoms with van der Waals surface area (Å²) in [6.45, 7) is 6.46. The number of nitrogens with zero attached hydrogens (tertiary/aromatic N) is 2. The molecule has 1 rings (SSSR count). The number of hydrogen-bond donors (Lipinski definition) is 0. The monoisotopic (exact) mass is 276 g/mol. The summed E-state index contributed by atoms with van der Waals surface area (Å²) in [5.41, 5.74) is 0.451. The van der Waals surface area contributed by atoms with Gasteiger partial charge in [-0.1, -0.05) is 6.42 Å². The summed E-state index contributed by atoms with van der Waals surface area (Å²) in [4.78, 5) is 11.7. The Morgan fingerprint density at radius 1 is 1.40 bits per heavy atom. The normalized spacial score (nSPS) is 11.1. The molecule has 1 heterocycles. The van der Waals surface area contributed by atoms with Gasteiger partial charge in [-0.3, -0.25) is 9.48 Å².